The van der Waals surface area contributed by atoms with Crippen LogP contribution >= 0.6 is 11.6 Å². The molecule has 0 aliphatic heterocycles. The second-order valence-corrected chi connectivity index (χ2v) is 8.48. The number of nitrogens with zero attached hydrogens (tertiary/aromatic N) is 2. The minimum Gasteiger partial charge on any atom is -0.455 e. The number of hydrogen-bond donors (Lipinski definition) is 2. The monoisotopic (exact) mass is 460 g/mol. The Morgan fingerprint density at radius 3 is 2.72 bits per heavy atom. The van der Waals surface area contributed by atoms with Crippen LogP contribution in [0.25, 0.3) is 0 Å². The molecule has 1 aromatic carbocycles. The molecular weight excluding hydrogens is 436 g/mol. The Labute approximate surface area is 190 Å². The van der Waals surface area contributed by atoms with E-state index in [9.17, 15) is 19.7 Å². The molecule has 3 rings (SSSR count). The number of nitro groups is 1. The molecule has 0 unspecified atom stereocenters. The molecule has 1 aliphatic rings. The van der Waals surface area contributed by atoms with Crippen molar-refractivity contribution < 1.29 is 18.9 Å². The molecule has 0 fully saturated rings. The third-order valence-corrected chi connectivity index (χ3v) is 5.56. The normalized spacial score (nSPS) is 14.3. The molecule has 9 nitrogen and oxygen atoms in total. The van der Waals surface area contributed by atoms with Gasteiger partial charge in [-0.15, -0.1) is 0 Å². The fraction of sp³-hybridized carbons (Fsp3) is 0.409. The van der Waals surface area contributed by atoms with Gasteiger partial charge in [-0.3, -0.25) is 19.7 Å². The maximum absolute atomic E-state index is 12.6. The van der Waals surface area contributed by atoms with Gasteiger partial charge in [0.1, 0.15) is 10.8 Å². The number of fused-ring (bicyclic) bond motifs is 1. The van der Waals surface area contributed by atoms with Gasteiger partial charge in [0.2, 0.25) is 0 Å². The predicted octanol–water partition coefficient (Wildman–Crippen LogP) is 4.40. The number of carbonyl (C=O) groups excluding carboxylic acids is 2. The van der Waals surface area contributed by atoms with Crippen molar-refractivity contribution in [1.82, 2.24) is 10.7 Å². The summed E-state index contributed by atoms with van der Waals surface area (Å²) in [6.07, 6.45) is 2.90. The van der Waals surface area contributed by atoms with Crippen LogP contribution in [0.15, 0.2) is 27.7 Å². The van der Waals surface area contributed by atoms with E-state index < -0.39 is 10.8 Å². The van der Waals surface area contributed by atoms with Crippen molar-refractivity contribution in [2.24, 2.45) is 11.0 Å². The lowest BCUT2D eigenvalue weighted by Gasteiger charge is -2.13. The summed E-state index contributed by atoms with van der Waals surface area (Å²) >= 11 is 5.80. The number of nitro benzene ring substituents is 1. The minimum absolute atomic E-state index is 0.0528. The lowest BCUT2D eigenvalue weighted by molar-refractivity contribution is -0.384. The number of halogens is 1. The first-order valence-electron chi connectivity index (χ1n) is 10.4. The van der Waals surface area contributed by atoms with E-state index >= 15 is 0 Å². The number of furan rings is 1. The SMILES string of the molecule is Cc1c(C(=O)NCCC(C)C)oc2c1/C(=N/NC(=O)c1ccc(Cl)c([N+](=O)[O-])c1)CCC2. The van der Waals surface area contributed by atoms with Crippen LogP contribution < -0.4 is 10.7 Å². The van der Waals surface area contributed by atoms with Crippen LogP contribution in [-0.2, 0) is 6.42 Å². The lowest BCUT2D eigenvalue weighted by Crippen LogP contribution is -2.25. The second kappa shape index (κ2) is 9.95. The third-order valence-electron chi connectivity index (χ3n) is 5.24. The summed E-state index contributed by atoms with van der Waals surface area (Å²) in [4.78, 5) is 35.4. The van der Waals surface area contributed by atoms with Gasteiger partial charge < -0.3 is 9.73 Å². The molecular formula is C22H25ClN4O5. The van der Waals surface area contributed by atoms with Crippen molar-refractivity contribution in [3.05, 3.63) is 61.5 Å². The third kappa shape index (κ3) is 5.16. The number of hydrogen-bond acceptors (Lipinski definition) is 6. The highest BCUT2D eigenvalue weighted by atomic mass is 35.5. The van der Waals surface area contributed by atoms with E-state index in [-0.39, 0.29) is 27.9 Å². The Kier molecular flexibility index (Phi) is 7.29. The molecule has 0 bridgehead atoms. The van der Waals surface area contributed by atoms with Crippen molar-refractivity contribution in [3.8, 4) is 0 Å². The van der Waals surface area contributed by atoms with Crippen molar-refractivity contribution in [3.63, 3.8) is 0 Å². The van der Waals surface area contributed by atoms with E-state index in [1.165, 1.54) is 12.1 Å². The maximum atomic E-state index is 12.6. The lowest BCUT2D eigenvalue weighted by atomic mass is 9.93. The Hall–Kier alpha value is -3.20. The summed E-state index contributed by atoms with van der Waals surface area (Å²) in [5.41, 5.74) is 4.17. The van der Waals surface area contributed by atoms with E-state index in [1.807, 2.05) is 0 Å². The number of benzene rings is 1. The van der Waals surface area contributed by atoms with Gasteiger partial charge in [0.25, 0.3) is 17.5 Å². The molecule has 10 heteroatoms. The number of aryl methyl sites for hydroxylation is 1. The van der Waals surface area contributed by atoms with Crippen LogP contribution in [0.3, 0.4) is 0 Å². The zero-order valence-corrected chi connectivity index (χ0v) is 18.9. The largest absolute Gasteiger partial charge is 0.455 e. The van der Waals surface area contributed by atoms with E-state index in [0.717, 1.165) is 24.5 Å². The Balaban J connectivity index is 1.79. The fourth-order valence-electron chi connectivity index (χ4n) is 3.53. The van der Waals surface area contributed by atoms with Crippen molar-refractivity contribution in [2.45, 2.75) is 46.5 Å². The quantitative estimate of drug-likeness (QED) is 0.467. The van der Waals surface area contributed by atoms with E-state index in [0.29, 0.717) is 42.3 Å². The van der Waals surface area contributed by atoms with Gasteiger partial charge in [-0.2, -0.15) is 5.10 Å². The number of amides is 2. The van der Waals surface area contributed by atoms with Gasteiger partial charge >= 0.3 is 0 Å². The Morgan fingerprint density at radius 1 is 1.28 bits per heavy atom. The van der Waals surface area contributed by atoms with Gasteiger partial charge in [0.05, 0.1) is 10.6 Å². The first kappa shape index (κ1) is 23.5. The van der Waals surface area contributed by atoms with E-state index in [2.05, 4.69) is 29.7 Å². The first-order chi connectivity index (χ1) is 15.2. The van der Waals surface area contributed by atoms with Gasteiger partial charge in [0.15, 0.2) is 5.76 Å². The zero-order valence-electron chi connectivity index (χ0n) is 18.2. The predicted molar refractivity (Wildman–Crippen MR) is 120 cm³/mol. The molecule has 0 atom stereocenters. The fourth-order valence-corrected chi connectivity index (χ4v) is 3.71. The summed E-state index contributed by atoms with van der Waals surface area (Å²) in [6.45, 7) is 6.53. The number of hydrazone groups is 1. The average Bonchev–Trinajstić information content (AvgIpc) is 3.09. The summed E-state index contributed by atoms with van der Waals surface area (Å²) in [6, 6.07) is 3.79. The summed E-state index contributed by atoms with van der Waals surface area (Å²) < 4.78 is 5.84. The van der Waals surface area contributed by atoms with Crippen molar-refractivity contribution >= 4 is 34.8 Å². The Morgan fingerprint density at radius 2 is 2.03 bits per heavy atom. The van der Waals surface area contributed by atoms with Crippen molar-refractivity contribution in [2.75, 3.05) is 6.54 Å². The molecule has 0 spiro atoms. The minimum atomic E-state index is -0.652. The van der Waals surface area contributed by atoms with Gasteiger partial charge in [0, 0.05) is 35.7 Å². The molecule has 2 amide bonds. The number of rotatable bonds is 7. The molecule has 2 aromatic rings. The number of carbonyl (C=O) groups is 2. The average molecular weight is 461 g/mol. The summed E-state index contributed by atoms with van der Waals surface area (Å²) in [5, 5.41) is 18.1. The molecule has 0 saturated heterocycles. The Bertz CT molecular complexity index is 1090. The number of nitrogens with one attached hydrogen (secondary N) is 2. The standard InChI is InChI=1S/C22H25ClN4O5/c1-12(2)9-10-24-22(29)20-13(3)19-16(5-4-6-18(19)32-20)25-26-21(28)14-7-8-15(23)17(11-14)27(30)31/h7-8,11-12H,4-6,9-10H2,1-3H3,(H,24,29)(H,26,28)/b25-16+. The molecule has 170 valence electrons. The molecule has 1 aromatic heterocycles. The van der Waals surface area contributed by atoms with Crippen LogP contribution in [0.1, 0.15) is 70.9 Å². The van der Waals surface area contributed by atoms with E-state index in [1.54, 1.807) is 6.92 Å². The maximum Gasteiger partial charge on any atom is 0.288 e. The molecule has 1 aliphatic carbocycles. The smallest absolute Gasteiger partial charge is 0.288 e. The second-order valence-electron chi connectivity index (χ2n) is 8.07. The highest BCUT2D eigenvalue weighted by Gasteiger charge is 2.28. The highest BCUT2D eigenvalue weighted by molar-refractivity contribution is 6.32. The molecule has 0 saturated carbocycles. The molecule has 0 radical (unpaired) electrons. The van der Waals surface area contributed by atoms with Gasteiger partial charge in [-0.1, -0.05) is 25.4 Å². The van der Waals surface area contributed by atoms with Crippen LogP contribution in [0.5, 0.6) is 0 Å². The van der Waals surface area contributed by atoms with Gasteiger partial charge in [-0.25, -0.2) is 5.43 Å². The zero-order chi connectivity index (χ0) is 23.4. The van der Waals surface area contributed by atoms with Gasteiger partial charge in [-0.05, 0) is 44.2 Å². The van der Waals surface area contributed by atoms with Crippen LogP contribution in [-0.4, -0.2) is 29.0 Å². The summed E-state index contributed by atoms with van der Waals surface area (Å²) in [7, 11) is 0. The van der Waals surface area contributed by atoms with Crippen LogP contribution in [0.4, 0.5) is 5.69 Å². The van der Waals surface area contributed by atoms with Crippen molar-refractivity contribution in [1.29, 1.82) is 0 Å². The summed E-state index contributed by atoms with van der Waals surface area (Å²) in [5.74, 6) is 0.531. The topological polar surface area (TPSA) is 127 Å². The van der Waals surface area contributed by atoms with Crippen LogP contribution in [0, 0.1) is 23.0 Å². The first-order valence-corrected chi connectivity index (χ1v) is 10.8. The molecule has 1 heterocycles. The van der Waals surface area contributed by atoms with E-state index in [4.69, 9.17) is 16.0 Å². The van der Waals surface area contributed by atoms with Crippen LogP contribution in [0.2, 0.25) is 5.02 Å². The molecule has 32 heavy (non-hydrogen) atoms. The highest BCUT2D eigenvalue weighted by Crippen LogP contribution is 2.30. The molecule has 2 N–H and O–H groups in total.